The molecule has 0 saturated heterocycles. The zero-order chi connectivity index (χ0) is 15.6. The first-order chi connectivity index (χ1) is 9.76. The molecular formula is C13H8F3NO4. The number of phenolic OH excluding ortho intramolecular Hbond substituents is 1. The average molecular weight is 299 g/mol. The van der Waals surface area contributed by atoms with Crippen LogP contribution in [0.3, 0.4) is 0 Å². The summed E-state index contributed by atoms with van der Waals surface area (Å²) in [5.74, 6) is -0.638. The molecule has 0 saturated carbocycles. The van der Waals surface area contributed by atoms with Gasteiger partial charge in [-0.15, -0.1) is 13.2 Å². The van der Waals surface area contributed by atoms with Gasteiger partial charge in [-0.3, -0.25) is 10.1 Å². The number of ether oxygens (including phenoxy) is 1. The van der Waals surface area contributed by atoms with Gasteiger partial charge in [-0.2, -0.15) is 0 Å². The van der Waals surface area contributed by atoms with Gasteiger partial charge in [0.25, 0.3) is 5.69 Å². The molecule has 110 valence electrons. The van der Waals surface area contributed by atoms with Gasteiger partial charge in [0.1, 0.15) is 11.5 Å². The largest absolute Gasteiger partial charge is 0.573 e. The highest BCUT2D eigenvalue weighted by Crippen LogP contribution is 2.34. The van der Waals surface area contributed by atoms with E-state index in [9.17, 15) is 28.4 Å². The number of alkyl halides is 3. The van der Waals surface area contributed by atoms with Gasteiger partial charge in [0.15, 0.2) is 0 Å². The van der Waals surface area contributed by atoms with Gasteiger partial charge >= 0.3 is 6.36 Å². The molecule has 0 radical (unpaired) electrons. The van der Waals surface area contributed by atoms with E-state index in [-0.39, 0.29) is 17.0 Å². The first kappa shape index (κ1) is 14.6. The Morgan fingerprint density at radius 3 is 2.24 bits per heavy atom. The van der Waals surface area contributed by atoms with Crippen molar-refractivity contribution in [1.82, 2.24) is 0 Å². The van der Waals surface area contributed by atoms with Crippen LogP contribution in [0.5, 0.6) is 11.5 Å². The highest BCUT2D eigenvalue weighted by Gasteiger charge is 2.31. The number of non-ortho nitro benzene ring substituents is 1. The van der Waals surface area contributed by atoms with Crippen LogP contribution in [0.2, 0.25) is 0 Å². The zero-order valence-electron chi connectivity index (χ0n) is 10.3. The molecule has 0 unspecified atom stereocenters. The lowest BCUT2D eigenvalue weighted by Gasteiger charge is -2.10. The first-order valence-electron chi connectivity index (χ1n) is 5.60. The minimum Gasteiger partial charge on any atom is -0.507 e. The van der Waals surface area contributed by atoms with Crippen LogP contribution in [0.15, 0.2) is 42.5 Å². The Morgan fingerprint density at radius 2 is 1.71 bits per heavy atom. The van der Waals surface area contributed by atoms with E-state index in [2.05, 4.69) is 4.74 Å². The van der Waals surface area contributed by atoms with Crippen LogP contribution < -0.4 is 4.74 Å². The Kier molecular flexibility index (Phi) is 3.70. The molecule has 2 aromatic rings. The van der Waals surface area contributed by atoms with Crippen LogP contribution in [0, 0.1) is 10.1 Å². The molecule has 0 aromatic heterocycles. The number of aromatic hydroxyl groups is 1. The summed E-state index contributed by atoms with van der Waals surface area (Å²) in [6, 6.07) is 8.05. The van der Waals surface area contributed by atoms with Crippen LogP contribution in [-0.4, -0.2) is 16.4 Å². The second kappa shape index (κ2) is 5.31. The van der Waals surface area contributed by atoms with Crippen molar-refractivity contribution in [2.45, 2.75) is 6.36 Å². The van der Waals surface area contributed by atoms with Crippen molar-refractivity contribution in [3.63, 3.8) is 0 Å². The minimum absolute atomic E-state index is 0.141. The van der Waals surface area contributed by atoms with E-state index in [0.717, 1.165) is 30.3 Å². The molecule has 2 aromatic carbocycles. The normalized spacial score (nSPS) is 11.2. The molecule has 21 heavy (non-hydrogen) atoms. The number of hydrogen-bond donors (Lipinski definition) is 1. The Bertz CT molecular complexity index is 668. The van der Waals surface area contributed by atoms with E-state index in [4.69, 9.17) is 0 Å². The summed E-state index contributed by atoms with van der Waals surface area (Å²) in [5, 5.41) is 20.4. The van der Waals surface area contributed by atoms with Crippen LogP contribution in [0.25, 0.3) is 11.1 Å². The van der Waals surface area contributed by atoms with Crippen molar-refractivity contribution in [3.8, 4) is 22.6 Å². The lowest BCUT2D eigenvalue weighted by Crippen LogP contribution is -2.16. The SMILES string of the molecule is O=[N+]([O-])c1ccc(O)c(-c2ccc(OC(F)(F)F)cc2)c1. The van der Waals surface area contributed by atoms with E-state index < -0.39 is 17.0 Å². The smallest absolute Gasteiger partial charge is 0.507 e. The van der Waals surface area contributed by atoms with Gasteiger partial charge < -0.3 is 9.84 Å². The summed E-state index contributed by atoms with van der Waals surface area (Å²) in [7, 11) is 0. The molecule has 2 rings (SSSR count). The fourth-order valence-electron chi connectivity index (χ4n) is 1.70. The summed E-state index contributed by atoms with van der Waals surface area (Å²) in [6.07, 6.45) is -4.80. The zero-order valence-corrected chi connectivity index (χ0v) is 10.3. The van der Waals surface area contributed by atoms with Crippen LogP contribution >= 0.6 is 0 Å². The monoisotopic (exact) mass is 299 g/mol. The standard InChI is InChI=1S/C13H8F3NO4/c14-13(15,16)21-10-4-1-8(2-5-10)11-7-9(17(19)20)3-6-12(11)18/h1-7,18H. The van der Waals surface area contributed by atoms with Gasteiger partial charge in [0.05, 0.1) is 4.92 Å². The molecule has 0 atom stereocenters. The maximum absolute atomic E-state index is 12.0. The summed E-state index contributed by atoms with van der Waals surface area (Å²) >= 11 is 0. The molecule has 0 bridgehead atoms. The van der Waals surface area contributed by atoms with Crippen LogP contribution in [0.1, 0.15) is 0 Å². The van der Waals surface area contributed by atoms with Crippen molar-refractivity contribution < 1.29 is 27.9 Å². The van der Waals surface area contributed by atoms with Crippen LogP contribution in [-0.2, 0) is 0 Å². The highest BCUT2D eigenvalue weighted by molar-refractivity contribution is 5.72. The Morgan fingerprint density at radius 1 is 1.10 bits per heavy atom. The van der Waals surface area contributed by atoms with Crippen molar-refractivity contribution in [2.24, 2.45) is 0 Å². The molecule has 8 heteroatoms. The van der Waals surface area contributed by atoms with Gasteiger partial charge in [-0.05, 0) is 23.8 Å². The second-order valence-corrected chi connectivity index (χ2v) is 4.03. The summed E-state index contributed by atoms with van der Waals surface area (Å²) in [4.78, 5) is 10.1. The van der Waals surface area contributed by atoms with Crippen molar-refractivity contribution in [1.29, 1.82) is 0 Å². The molecular weight excluding hydrogens is 291 g/mol. The van der Waals surface area contributed by atoms with Crippen molar-refractivity contribution in [3.05, 3.63) is 52.6 Å². The van der Waals surface area contributed by atoms with Gasteiger partial charge in [0, 0.05) is 17.7 Å². The first-order valence-corrected chi connectivity index (χ1v) is 5.60. The fraction of sp³-hybridized carbons (Fsp3) is 0.0769. The van der Waals surface area contributed by atoms with E-state index >= 15 is 0 Å². The maximum atomic E-state index is 12.0. The van der Waals surface area contributed by atoms with Gasteiger partial charge in [-0.25, -0.2) is 0 Å². The summed E-state index contributed by atoms with van der Waals surface area (Å²) in [5.41, 5.74) is 0.229. The minimum atomic E-state index is -4.80. The quantitative estimate of drug-likeness (QED) is 0.690. The molecule has 0 fully saturated rings. The highest BCUT2D eigenvalue weighted by atomic mass is 19.4. The van der Waals surface area contributed by atoms with E-state index in [0.29, 0.717) is 5.56 Å². The summed E-state index contributed by atoms with van der Waals surface area (Å²) in [6.45, 7) is 0. The molecule has 0 aliphatic carbocycles. The lowest BCUT2D eigenvalue weighted by molar-refractivity contribution is -0.384. The summed E-state index contributed by atoms with van der Waals surface area (Å²) < 4.78 is 39.8. The number of rotatable bonds is 3. The Hall–Kier alpha value is -2.77. The molecule has 0 amide bonds. The number of hydrogen-bond acceptors (Lipinski definition) is 4. The molecule has 0 heterocycles. The topological polar surface area (TPSA) is 72.6 Å². The number of phenols is 1. The molecule has 1 N–H and O–H groups in total. The van der Waals surface area contributed by atoms with Crippen molar-refractivity contribution in [2.75, 3.05) is 0 Å². The van der Waals surface area contributed by atoms with Gasteiger partial charge in [0.2, 0.25) is 0 Å². The Balaban J connectivity index is 2.34. The van der Waals surface area contributed by atoms with Crippen LogP contribution in [0.4, 0.5) is 18.9 Å². The molecule has 0 aliphatic rings. The lowest BCUT2D eigenvalue weighted by atomic mass is 10.0. The fourth-order valence-corrected chi connectivity index (χ4v) is 1.70. The third kappa shape index (κ3) is 3.62. The molecule has 5 nitrogen and oxygen atoms in total. The van der Waals surface area contributed by atoms with Gasteiger partial charge in [-0.1, -0.05) is 12.1 Å². The predicted octanol–water partition coefficient (Wildman–Crippen LogP) is 3.87. The maximum Gasteiger partial charge on any atom is 0.573 e. The van der Waals surface area contributed by atoms with Crippen molar-refractivity contribution >= 4 is 5.69 Å². The number of nitro benzene ring substituents is 1. The Labute approximate surface area is 116 Å². The molecule has 0 aliphatic heterocycles. The van der Waals surface area contributed by atoms with E-state index in [1.54, 1.807) is 0 Å². The number of nitro groups is 1. The number of benzene rings is 2. The second-order valence-electron chi connectivity index (χ2n) is 4.03. The van der Waals surface area contributed by atoms with E-state index in [1.165, 1.54) is 12.1 Å². The number of halogens is 3. The van der Waals surface area contributed by atoms with E-state index in [1.807, 2.05) is 0 Å². The third-order valence-corrected chi connectivity index (χ3v) is 2.59. The average Bonchev–Trinajstić information content (AvgIpc) is 2.38. The predicted molar refractivity (Wildman–Crippen MR) is 66.9 cm³/mol. The molecule has 0 spiro atoms. The number of nitrogens with zero attached hydrogens (tertiary/aromatic N) is 1. The third-order valence-electron chi connectivity index (χ3n) is 2.59.